The second kappa shape index (κ2) is 6.12. The van der Waals surface area contributed by atoms with Crippen LogP contribution in [0.3, 0.4) is 0 Å². The Bertz CT molecular complexity index is 461. The van der Waals surface area contributed by atoms with Gasteiger partial charge >= 0.3 is 0 Å². The SMILES string of the molecule is COc1ccc(Cl)cc1NCCC(=O)N1CC(O)C1. The van der Waals surface area contributed by atoms with Gasteiger partial charge in [-0.3, -0.25) is 4.79 Å². The third-order valence-corrected chi connectivity index (χ3v) is 3.27. The van der Waals surface area contributed by atoms with Crippen LogP contribution in [0.2, 0.25) is 5.02 Å². The van der Waals surface area contributed by atoms with E-state index in [1.54, 1.807) is 30.2 Å². The van der Waals surface area contributed by atoms with Crippen LogP contribution in [0.1, 0.15) is 6.42 Å². The molecule has 104 valence electrons. The van der Waals surface area contributed by atoms with E-state index < -0.39 is 0 Å². The van der Waals surface area contributed by atoms with Gasteiger partial charge in [-0.1, -0.05) is 11.6 Å². The quantitative estimate of drug-likeness (QED) is 0.857. The molecule has 2 rings (SSSR count). The highest BCUT2D eigenvalue weighted by molar-refractivity contribution is 6.30. The number of likely N-dealkylation sites (tertiary alicyclic amines) is 1. The molecule has 0 bridgehead atoms. The smallest absolute Gasteiger partial charge is 0.224 e. The molecule has 0 radical (unpaired) electrons. The molecule has 0 unspecified atom stereocenters. The Labute approximate surface area is 117 Å². The van der Waals surface area contributed by atoms with Crippen LogP contribution in [-0.4, -0.2) is 48.8 Å². The fraction of sp³-hybridized carbons (Fsp3) is 0.462. The largest absolute Gasteiger partial charge is 0.495 e. The molecule has 5 nitrogen and oxygen atoms in total. The molecule has 1 aromatic rings. The summed E-state index contributed by atoms with van der Waals surface area (Å²) in [4.78, 5) is 13.3. The van der Waals surface area contributed by atoms with Crippen molar-refractivity contribution in [2.45, 2.75) is 12.5 Å². The van der Waals surface area contributed by atoms with E-state index in [2.05, 4.69) is 5.32 Å². The van der Waals surface area contributed by atoms with E-state index in [0.29, 0.717) is 36.8 Å². The first-order chi connectivity index (χ1) is 9.10. The summed E-state index contributed by atoms with van der Waals surface area (Å²) in [6.07, 6.45) is 0.0208. The monoisotopic (exact) mass is 284 g/mol. The number of nitrogens with one attached hydrogen (secondary N) is 1. The van der Waals surface area contributed by atoms with Crippen molar-refractivity contribution in [3.63, 3.8) is 0 Å². The Morgan fingerprint density at radius 1 is 1.58 bits per heavy atom. The number of halogens is 1. The number of rotatable bonds is 5. The van der Waals surface area contributed by atoms with Crippen LogP contribution in [0.25, 0.3) is 0 Å². The predicted octanol–water partition coefficient (Wildman–Crippen LogP) is 1.35. The van der Waals surface area contributed by atoms with Crippen LogP contribution in [0, 0.1) is 0 Å². The van der Waals surface area contributed by atoms with Crippen molar-refractivity contribution >= 4 is 23.2 Å². The molecule has 0 saturated carbocycles. The van der Waals surface area contributed by atoms with Crippen LogP contribution in [-0.2, 0) is 4.79 Å². The molecule has 19 heavy (non-hydrogen) atoms. The van der Waals surface area contributed by atoms with E-state index in [9.17, 15) is 4.79 Å². The van der Waals surface area contributed by atoms with Gasteiger partial charge < -0.3 is 20.1 Å². The molecule has 1 aliphatic rings. The van der Waals surface area contributed by atoms with Gasteiger partial charge in [0.05, 0.1) is 18.9 Å². The zero-order valence-electron chi connectivity index (χ0n) is 10.7. The number of aliphatic hydroxyl groups is 1. The number of nitrogens with zero attached hydrogens (tertiary/aromatic N) is 1. The number of benzene rings is 1. The molecule has 1 heterocycles. The number of hydrogen-bond donors (Lipinski definition) is 2. The highest BCUT2D eigenvalue weighted by Gasteiger charge is 2.27. The molecular formula is C13H17ClN2O3. The van der Waals surface area contributed by atoms with E-state index in [4.69, 9.17) is 21.4 Å². The van der Waals surface area contributed by atoms with Gasteiger partial charge in [-0.25, -0.2) is 0 Å². The van der Waals surface area contributed by atoms with Gasteiger partial charge in [0.2, 0.25) is 5.91 Å². The molecule has 0 spiro atoms. The number of methoxy groups -OCH3 is 1. The Kier molecular flexibility index (Phi) is 4.50. The van der Waals surface area contributed by atoms with Crippen molar-refractivity contribution in [2.75, 3.05) is 32.1 Å². The summed E-state index contributed by atoms with van der Waals surface area (Å²) in [6.45, 7) is 1.39. The first-order valence-electron chi connectivity index (χ1n) is 6.13. The fourth-order valence-corrected chi connectivity index (χ4v) is 2.11. The molecular weight excluding hydrogens is 268 g/mol. The zero-order chi connectivity index (χ0) is 13.8. The second-order valence-electron chi connectivity index (χ2n) is 4.47. The average molecular weight is 285 g/mol. The summed E-state index contributed by atoms with van der Waals surface area (Å²) in [5.74, 6) is 0.731. The maximum atomic E-state index is 11.7. The van der Waals surface area contributed by atoms with Gasteiger partial charge in [-0.05, 0) is 18.2 Å². The minimum absolute atomic E-state index is 0.0406. The number of carbonyl (C=O) groups is 1. The summed E-state index contributed by atoms with van der Waals surface area (Å²) in [5.41, 5.74) is 0.770. The first-order valence-corrected chi connectivity index (χ1v) is 6.51. The standard InChI is InChI=1S/C13H17ClN2O3/c1-19-12-3-2-9(14)6-11(12)15-5-4-13(18)16-7-10(17)8-16/h2-3,6,10,15,17H,4-5,7-8H2,1H3. The third-order valence-electron chi connectivity index (χ3n) is 3.03. The molecule has 0 atom stereocenters. The van der Waals surface area contributed by atoms with Crippen LogP contribution in [0.15, 0.2) is 18.2 Å². The minimum Gasteiger partial charge on any atom is -0.495 e. The van der Waals surface area contributed by atoms with Gasteiger partial charge in [0, 0.05) is 31.1 Å². The van der Waals surface area contributed by atoms with E-state index in [1.807, 2.05) is 0 Å². The third kappa shape index (κ3) is 3.52. The van der Waals surface area contributed by atoms with E-state index in [0.717, 1.165) is 5.69 Å². The molecule has 0 aromatic heterocycles. The lowest BCUT2D eigenvalue weighted by Gasteiger charge is -2.35. The summed E-state index contributed by atoms with van der Waals surface area (Å²) < 4.78 is 5.20. The van der Waals surface area contributed by atoms with Crippen LogP contribution in [0.4, 0.5) is 5.69 Å². The molecule has 1 aliphatic heterocycles. The maximum absolute atomic E-state index is 11.7. The molecule has 1 aromatic carbocycles. The number of anilines is 1. The molecule has 0 aliphatic carbocycles. The van der Waals surface area contributed by atoms with Crippen molar-refractivity contribution in [1.29, 1.82) is 0 Å². The van der Waals surface area contributed by atoms with E-state index >= 15 is 0 Å². The van der Waals surface area contributed by atoms with Crippen molar-refractivity contribution in [2.24, 2.45) is 0 Å². The van der Waals surface area contributed by atoms with Gasteiger partial charge in [0.15, 0.2) is 0 Å². The van der Waals surface area contributed by atoms with Crippen molar-refractivity contribution < 1.29 is 14.6 Å². The highest BCUT2D eigenvalue weighted by Crippen LogP contribution is 2.27. The highest BCUT2D eigenvalue weighted by atomic mass is 35.5. The lowest BCUT2D eigenvalue weighted by molar-refractivity contribution is -0.140. The average Bonchev–Trinajstić information content (AvgIpc) is 2.35. The summed E-state index contributed by atoms with van der Waals surface area (Å²) >= 11 is 5.91. The van der Waals surface area contributed by atoms with Crippen LogP contribution >= 0.6 is 11.6 Å². The molecule has 2 N–H and O–H groups in total. The number of β-amino-alcohol motifs (C(OH)–C–C–N with tert-alkyl or cyclic N) is 1. The minimum atomic E-state index is -0.357. The van der Waals surface area contributed by atoms with Gasteiger partial charge in [0.1, 0.15) is 5.75 Å². The molecule has 6 heteroatoms. The normalized spacial score (nSPS) is 15.0. The first kappa shape index (κ1) is 14.0. The number of ether oxygens (including phenoxy) is 1. The number of carbonyl (C=O) groups excluding carboxylic acids is 1. The van der Waals surface area contributed by atoms with Gasteiger partial charge in [-0.15, -0.1) is 0 Å². The molecule has 1 fully saturated rings. The Morgan fingerprint density at radius 2 is 2.32 bits per heavy atom. The van der Waals surface area contributed by atoms with Crippen LogP contribution in [0.5, 0.6) is 5.75 Å². The van der Waals surface area contributed by atoms with Crippen molar-refractivity contribution in [3.05, 3.63) is 23.2 Å². The van der Waals surface area contributed by atoms with Crippen molar-refractivity contribution in [3.8, 4) is 5.75 Å². The van der Waals surface area contributed by atoms with Crippen LogP contribution < -0.4 is 10.1 Å². The van der Waals surface area contributed by atoms with Crippen molar-refractivity contribution in [1.82, 2.24) is 4.90 Å². The zero-order valence-corrected chi connectivity index (χ0v) is 11.5. The van der Waals surface area contributed by atoms with E-state index in [-0.39, 0.29) is 12.0 Å². The van der Waals surface area contributed by atoms with Gasteiger partial charge in [-0.2, -0.15) is 0 Å². The summed E-state index contributed by atoms with van der Waals surface area (Å²) in [7, 11) is 1.58. The predicted molar refractivity (Wildman–Crippen MR) is 73.7 cm³/mol. The van der Waals surface area contributed by atoms with E-state index in [1.165, 1.54) is 0 Å². The number of amides is 1. The molecule has 1 amide bonds. The Morgan fingerprint density at radius 3 is 2.95 bits per heavy atom. The Balaban J connectivity index is 1.82. The topological polar surface area (TPSA) is 61.8 Å². The lowest BCUT2D eigenvalue weighted by Crippen LogP contribution is -2.53. The summed E-state index contributed by atoms with van der Waals surface area (Å²) in [6, 6.07) is 5.29. The fourth-order valence-electron chi connectivity index (χ4n) is 1.94. The van der Waals surface area contributed by atoms with Gasteiger partial charge in [0.25, 0.3) is 0 Å². The second-order valence-corrected chi connectivity index (χ2v) is 4.91. The number of aliphatic hydroxyl groups excluding tert-OH is 1. The Hall–Kier alpha value is -1.46. The maximum Gasteiger partial charge on any atom is 0.224 e. The molecule has 1 saturated heterocycles. The lowest BCUT2D eigenvalue weighted by atomic mass is 10.1. The number of hydrogen-bond acceptors (Lipinski definition) is 4. The summed E-state index contributed by atoms with van der Waals surface area (Å²) in [5, 5.41) is 12.9.